The van der Waals surface area contributed by atoms with Crippen LogP contribution in [0.2, 0.25) is 0 Å². The van der Waals surface area contributed by atoms with Crippen LogP contribution in [0.4, 0.5) is 0 Å². The summed E-state index contributed by atoms with van der Waals surface area (Å²) in [5, 5.41) is 9.21. The maximum atomic E-state index is 11.2. The van der Waals surface area contributed by atoms with Crippen molar-refractivity contribution in [1.29, 1.82) is 0 Å². The first kappa shape index (κ1) is 12.0. The first-order chi connectivity index (χ1) is 8.24. The van der Waals surface area contributed by atoms with Crippen LogP contribution < -0.4 is 0 Å². The number of nitrogens with zero attached hydrogens (tertiary/aromatic N) is 2. The normalized spacial score (nSPS) is 22.5. The zero-order valence-corrected chi connectivity index (χ0v) is 10.0. The molecule has 0 bridgehead atoms. The van der Waals surface area contributed by atoms with E-state index in [2.05, 4.69) is 16.8 Å². The van der Waals surface area contributed by atoms with Gasteiger partial charge in [-0.2, -0.15) is 0 Å². The molecule has 1 aromatic heterocycles. The van der Waals surface area contributed by atoms with Crippen molar-refractivity contribution in [2.24, 2.45) is 0 Å². The van der Waals surface area contributed by atoms with E-state index in [1.807, 2.05) is 18.2 Å². The first-order valence-electron chi connectivity index (χ1n) is 6.13. The molecule has 2 rings (SSSR count). The molecule has 4 nitrogen and oxygen atoms in total. The molecule has 2 heterocycles. The van der Waals surface area contributed by atoms with Crippen LogP contribution in [0.3, 0.4) is 0 Å². The lowest BCUT2D eigenvalue weighted by atomic mass is 10.1. The fourth-order valence-electron chi connectivity index (χ4n) is 2.61. The number of carboxylic acid groups (broad SMARTS) is 1. The topological polar surface area (TPSA) is 53.4 Å². The Morgan fingerprint density at radius 2 is 2.47 bits per heavy atom. The highest BCUT2D eigenvalue weighted by molar-refractivity contribution is 5.73. The zero-order valence-electron chi connectivity index (χ0n) is 10.0. The van der Waals surface area contributed by atoms with E-state index in [1.54, 1.807) is 6.20 Å². The van der Waals surface area contributed by atoms with Gasteiger partial charge in [-0.25, -0.2) is 0 Å². The third-order valence-electron chi connectivity index (χ3n) is 3.40. The lowest BCUT2D eigenvalue weighted by molar-refractivity contribution is -0.143. The van der Waals surface area contributed by atoms with Gasteiger partial charge in [-0.15, -0.1) is 0 Å². The summed E-state index contributed by atoms with van der Waals surface area (Å²) < 4.78 is 0. The molecule has 1 fully saturated rings. The number of aliphatic carboxylic acids is 1. The summed E-state index contributed by atoms with van der Waals surface area (Å²) in [4.78, 5) is 17.6. The van der Waals surface area contributed by atoms with Gasteiger partial charge >= 0.3 is 5.97 Å². The Balaban J connectivity index is 2.21. The van der Waals surface area contributed by atoms with Crippen LogP contribution in [0.1, 0.15) is 37.9 Å². The number of hydrogen-bond donors (Lipinski definition) is 1. The van der Waals surface area contributed by atoms with E-state index in [4.69, 9.17) is 0 Å². The second-order valence-corrected chi connectivity index (χ2v) is 4.41. The molecule has 1 aliphatic rings. The molecule has 4 heteroatoms. The van der Waals surface area contributed by atoms with Crippen LogP contribution in [-0.2, 0) is 4.79 Å². The number of likely N-dealkylation sites (tertiary alicyclic amines) is 1. The van der Waals surface area contributed by atoms with Crippen molar-refractivity contribution in [2.45, 2.75) is 38.3 Å². The number of rotatable bonds is 4. The molecule has 1 aliphatic heterocycles. The monoisotopic (exact) mass is 234 g/mol. The molecule has 0 aliphatic carbocycles. The van der Waals surface area contributed by atoms with Gasteiger partial charge in [0.15, 0.2) is 0 Å². The maximum Gasteiger partial charge on any atom is 0.320 e. The molecule has 0 spiro atoms. The fourth-order valence-corrected chi connectivity index (χ4v) is 2.61. The van der Waals surface area contributed by atoms with Gasteiger partial charge in [0.1, 0.15) is 6.04 Å². The standard InChI is InChI=1S/C13H18N2O2/c1-2-11(10-6-3-4-8-14-10)15-9-5-7-12(15)13(16)17/h3-4,6,8,11-12H,2,5,7,9H2,1H3,(H,16,17). The third kappa shape index (κ3) is 2.47. The van der Waals surface area contributed by atoms with Crippen molar-refractivity contribution in [3.05, 3.63) is 30.1 Å². The Hall–Kier alpha value is -1.42. The predicted molar refractivity (Wildman–Crippen MR) is 64.6 cm³/mol. The van der Waals surface area contributed by atoms with Crippen LogP contribution in [0, 0.1) is 0 Å². The van der Waals surface area contributed by atoms with Gasteiger partial charge < -0.3 is 5.11 Å². The molecular formula is C13H18N2O2. The summed E-state index contributed by atoms with van der Waals surface area (Å²) in [6.07, 6.45) is 4.36. The van der Waals surface area contributed by atoms with Gasteiger partial charge in [0, 0.05) is 6.20 Å². The number of pyridine rings is 1. The molecule has 0 amide bonds. The second kappa shape index (κ2) is 5.27. The zero-order chi connectivity index (χ0) is 12.3. The Labute approximate surface area is 101 Å². The molecule has 17 heavy (non-hydrogen) atoms. The third-order valence-corrected chi connectivity index (χ3v) is 3.40. The summed E-state index contributed by atoms with van der Waals surface area (Å²) in [5.41, 5.74) is 0.975. The molecule has 2 unspecified atom stereocenters. The van der Waals surface area contributed by atoms with Crippen LogP contribution in [0.5, 0.6) is 0 Å². The lowest BCUT2D eigenvalue weighted by Gasteiger charge is -2.29. The molecular weight excluding hydrogens is 216 g/mol. The minimum atomic E-state index is -0.711. The van der Waals surface area contributed by atoms with Crippen molar-refractivity contribution in [3.8, 4) is 0 Å². The van der Waals surface area contributed by atoms with Crippen molar-refractivity contribution in [3.63, 3.8) is 0 Å². The number of carboxylic acids is 1. The van der Waals surface area contributed by atoms with E-state index in [-0.39, 0.29) is 12.1 Å². The summed E-state index contributed by atoms with van der Waals surface area (Å²) >= 11 is 0. The van der Waals surface area contributed by atoms with Crippen molar-refractivity contribution in [1.82, 2.24) is 9.88 Å². The van der Waals surface area contributed by atoms with Crippen molar-refractivity contribution < 1.29 is 9.90 Å². The number of aromatic nitrogens is 1. The SMILES string of the molecule is CCC(c1ccccn1)N1CCCC1C(=O)O. The largest absolute Gasteiger partial charge is 0.480 e. The van der Waals surface area contributed by atoms with Gasteiger partial charge in [0.25, 0.3) is 0 Å². The molecule has 1 aromatic rings. The predicted octanol–water partition coefficient (Wildman–Crippen LogP) is 2.08. The number of carbonyl (C=O) groups is 1. The Kier molecular flexibility index (Phi) is 3.74. The van der Waals surface area contributed by atoms with Crippen molar-refractivity contribution >= 4 is 5.97 Å². The van der Waals surface area contributed by atoms with E-state index in [0.717, 1.165) is 31.5 Å². The molecule has 0 radical (unpaired) electrons. The fraction of sp³-hybridized carbons (Fsp3) is 0.538. The Morgan fingerprint density at radius 1 is 1.65 bits per heavy atom. The molecule has 2 atom stereocenters. The Bertz CT molecular complexity index is 380. The van der Waals surface area contributed by atoms with Crippen LogP contribution in [-0.4, -0.2) is 33.5 Å². The molecule has 0 saturated carbocycles. The Morgan fingerprint density at radius 3 is 3.06 bits per heavy atom. The highest BCUT2D eigenvalue weighted by atomic mass is 16.4. The van der Waals surface area contributed by atoms with Crippen LogP contribution in [0.25, 0.3) is 0 Å². The van der Waals surface area contributed by atoms with Crippen molar-refractivity contribution in [2.75, 3.05) is 6.54 Å². The van der Waals surface area contributed by atoms with Gasteiger partial charge in [0.2, 0.25) is 0 Å². The molecule has 1 N–H and O–H groups in total. The minimum Gasteiger partial charge on any atom is -0.480 e. The van der Waals surface area contributed by atoms with E-state index in [9.17, 15) is 9.90 Å². The number of hydrogen-bond acceptors (Lipinski definition) is 3. The van der Waals surface area contributed by atoms with E-state index in [0.29, 0.717) is 0 Å². The van der Waals surface area contributed by atoms with Crippen LogP contribution >= 0.6 is 0 Å². The summed E-state index contributed by atoms with van der Waals surface area (Å²) in [6, 6.07) is 5.60. The van der Waals surface area contributed by atoms with Gasteiger partial charge in [-0.1, -0.05) is 13.0 Å². The maximum absolute atomic E-state index is 11.2. The highest BCUT2D eigenvalue weighted by Gasteiger charge is 2.35. The van der Waals surface area contributed by atoms with Gasteiger partial charge in [-0.05, 0) is 37.9 Å². The smallest absolute Gasteiger partial charge is 0.320 e. The average molecular weight is 234 g/mol. The van der Waals surface area contributed by atoms with E-state index < -0.39 is 5.97 Å². The summed E-state index contributed by atoms with van der Waals surface area (Å²) in [7, 11) is 0. The molecule has 0 aromatic carbocycles. The first-order valence-corrected chi connectivity index (χ1v) is 6.13. The average Bonchev–Trinajstić information content (AvgIpc) is 2.81. The van der Waals surface area contributed by atoms with Gasteiger partial charge in [-0.3, -0.25) is 14.7 Å². The summed E-state index contributed by atoms with van der Waals surface area (Å²) in [6.45, 7) is 2.93. The van der Waals surface area contributed by atoms with E-state index in [1.165, 1.54) is 0 Å². The van der Waals surface area contributed by atoms with E-state index >= 15 is 0 Å². The second-order valence-electron chi connectivity index (χ2n) is 4.41. The van der Waals surface area contributed by atoms with Crippen LogP contribution in [0.15, 0.2) is 24.4 Å². The minimum absolute atomic E-state index is 0.125. The lowest BCUT2D eigenvalue weighted by Crippen LogP contribution is -2.38. The van der Waals surface area contributed by atoms with Gasteiger partial charge in [0.05, 0.1) is 11.7 Å². The quantitative estimate of drug-likeness (QED) is 0.866. The highest BCUT2D eigenvalue weighted by Crippen LogP contribution is 2.30. The molecule has 1 saturated heterocycles. The molecule has 92 valence electrons. The summed E-state index contributed by atoms with van der Waals surface area (Å²) in [5.74, 6) is -0.711.